The quantitative estimate of drug-likeness (QED) is 0.309. The highest BCUT2D eigenvalue weighted by Crippen LogP contribution is 2.32. The summed E-state index contributed by atoms with van der Waals surface area (Å²) in [5.41, 5.74) is 2.94. The van der Waals surface area contributed by atoms with Crippen LogP contribution in [0.1, 0.15) is 30.0 Å². The van der Waals surface area contributed by atoms with E-state index in [1.807, 2.05) is 68.4 Å². The van der Waals surface area contributed by atoms with Crippen LogP contribution in [0.25, 0.3) is 0 Å². The molecule has 0 fully saturated rings. The average molecular weight is 582 g/mol. The maximum absolute atomic E-state index is 14.2. The fourth-order valence-corrected chi connectivity index (χ4v) is 5.33. The van der Waals surface area contributed by atoms with Gasteiger partial charge in [-0.05, 0) is 42.2 Å². The molecule has 0 radical (unpaired) electrons. The molecular formula is C31H39N3O6S. The molecule has 0 heterocycles. The van der Waals surface area contributed by atoms with E-state index in [1.54, 1.807) is 12.1 Å². The van der Waals surface area contributed by atoms with Gasteiger partial charge in [0, 0.05) is 25.6 Å². The zero-order valence-electron chi connectivity index (χ0n) is 24.3. The lowest BCUT2D eigenvalue weighted by Gasteiger charge is -2.34. The van der Waals surface area contributed by atoms with Gasteiger partial charge in [0.25, 0.3) is 0 Å². The minimum atomic E-state index is -3.90. The second-order valence-corrected chi connectivity index (χ2v) is 11.7. The highest BCUT2D eigenvalue weighted by Gasteiger charge is 2.33. The van der Waals surface area contributed by atoms with E-state index in [9.17, 15) is 18.0 Å². The molecule has 2 amide bonds. The van der Waals surface area contributed by atoms with E-state index in [2.05, 4.69) is 5.32 Å². The molecule has 0 aromatic heterocycles. The minimum Gasteiger partial charge on any atom is -0.493 e. The molecule has 0 aliphatic carbocycles. The molecular weight excluding hydrogens is 542 g/mol. The van der Waals surface area contributed by atoms with Gasteiger partial charge in [-0.15, -0.1) is 0 Å². The van der Waals surface area contributed by atoms with Gasteiger partial charge in [-0.1, -0.05) is 61.5 Å². The van der Waals surface area contributed by atoms with Crippen LogP contribution in [-0.4, -0.2) is 64.7 Å². The van der Waals surface area contributed by atoms with Crippen molar-refractivity contribution >= 4 is 27.5 Å². The predicted octanol–water partition coefficient (Wildman–Crippen LogP) is 3.94. The predicted molar refractivity (Wildman–Crippen MR) is 161 cm³/mol. The normalized spacial score (nSPS) is 11.8. The Balaban J connectivity index is 2.07. The third-order valence-corrected chi connectivity index (χ3v) is 7.90. The van der Waals surface area contributed by atoms with Crippen molar-refractivity contribution in [2.24, 2.45) is 0 Å². The largest absolute Gasteiger partial charge is 0.493 e. The van der Waals surface area contributed by atoms with Gasteiger partial charge in [0.05, 0.1) is 26.2 Å². The summed E-state index contributed by atoms with van der Waals surface area (Å²) >= 11 is 0. The van der Waals surface area contributed by atoms with E-state index < -0.39 is 28.5 Å². The van der Waals surface area contributed by atoms with Crippen LogP contribution in [0.2, 0.25) is 0 Å². The number of methoxy groups -OCH3 is 2. The molecule has 1 N–H and O–H groups in total. The van der Waals surface area contributed by atoms with E-state index in [0.29, 0.717) is 18.0 Å². The first-order valence-corrected chi connectivity index (χ1v) is 15.3. The molecule has 1 atom stereocenters. The number of amides is 2. The molecule has 220 valence electrons. The lowest BCUT2D eigenvalue weighted by Crippen LogP contribution is -2.53. The molecule has 0 spiro atoms. The van der Waals surface area contributed by atoms with Crippen molar-refractivity contribution in [3.63, 3.8) is 0 Å². The number of anilines is 1. The fraction of sp³-hybridized carbons (Fsp3) is 0.355. The number of benzene rings is 3. The SMILES string of the molecule is CCCNC(=O)[C@@H](Cc1ccccc1)N(Cc1ccccc1C)C(=O)CN(c1ccc(OC)c(OC)c1)S(C)(=O)=O. The smallest absolute Gasteiger partial charge is 0.244 e. The molecule has 9 nitrogen and oxygen atoms in total. The van der Waals surface area contributed by atoms with Gasteiger partial charge < -0.3 is 19.7 Å². The molecule has 0 aliphatic heterocycles. The highest BCUT2D eigenvalue weighted by atomic mass is 32.2. The monoisotopic (exact) mass is 581 g/mol. The molecule has 41 heavy (non-hydrogen) atoms. The first-order chi connectivity index (χ1) is 19.6. The van der Waals surface area contributed by atoms with Crippen LogP contribution >= 0.6 is 0 Å². The first-order valence-electron chi connectivity index (χ1n) is 13.4. The Kier molecular flexibility index (Phi) is 11.2. The zero-order valence-corrected chi connectivity index (χ0v) is 25.1. The maximum atomic E-state index is 14.2. The lowest BCUT2D eigenvalue weighted by atomic mass is 10.0. The lowest BCUT2D eigenvalue weighted by molar-refractivity contribution is -0.140. The van der Waals surface area contributed by atoms with Crippen LogP contribution in [0.15, 0.2) is 72.8 Å². The number of rotatable bonds is 14. The molecule has 10 heteroatoms. The van der Waals surface area contributed by atoms with E-state index in [-0.39, 0.29) is 24.6 Å². The van der Waals surface area contributed by atoms with E-state index in [0.717, 1.165) is 33.7 Å². The number of ether oxygens (including phenoxy) is 2. The summed E-state index contributed by atoms with van der Waals surface area (Å²) in [4.78, 5) is 29.2. The Labute approximate surface area is 243 Å². The zero-order chi connectivity index (χ0) is 30.0. The number of aryl methyl sites for hydroxylation is 1. The van der Waals surface area contributed by atoms with Crippen LogP contribution in [-0.2, 0) is 32.6 Å². The van der Waals surface area contributed by atoms with Gasteiger partial charge in [-0.3, -0.25) is 13.9 Å². The Morgan fingerprint density at radius 1 is 0.927 bits per heavy atom. The summed E-state index contributed by atoms with van der Waals surface area (Å²) in [6, 6.07) is 20.9. The van der Waals surface area contributed by atoms with Crippen molar-refractivity contribution in [3.05, 3.63) is 89.5 Å². The average Bonchev–Trinajstić information content (AvgIpc) is 2.96. The second kappa shape index (κ2) is 14.5. The van der Waals surface area contributed by atoms with Crippen LogP contribution in [0, 0.1) is 6.92 Å². The molecule has 0 bridgehead atoms. The summed E-state index contributed by atoms with van der Waals surface area (Å²) in [7, 11) is -0.972. The van der Waals surface area contributed by atoms with Crippen molar-refractivity contribution in [1.29, 1.82) is 0 Å². The summed E-state index contributed by atoms with van der Waals surface area (Å²) in [5, 5.41) is 2.94. The molecule has 0 aliphatic rings. The van der Waals surface area contributed by atoms with E-state index in [4.69, 9.17) is 9.47 Å². The van der Waals surface area contributed by atoms with Crippen molar-refractivity contribution in [2.75, 3.05) is 37.9 Å². The Morgan fingerprint density at radius 2 is 1.59 bits per heavy atom. The third kappa shape index (κ3) is 8.47. The Bertz CT molecular complexity index is 1430. The minimum absolute atomic E-state index is 0.131. The molecule has 3 aromatic rings. The number of hydrogen-bond acceptors (Lipinski definition) is 6. The number of hydrogen-bond donors (Lipinski definition) is 1. The maximum Gasteiger partial charge on any atom is 0.244 e. The van der Waals surface area contributed by atoms with Crippen molar-refractivity contribution in [2.45, 2.75) is 39.3 Å². The first kappa shape index (κ1) is 31.5. The molecule has 3 aromatic carbocycles. The van der Waals surface area contributed by atoms with Crippen LogP contribution < -0.4 is 19.1 Å². The van der Waals surface area contributed by atoms with Gasteiger partial charge in [0.1, 0.15) is 12.6 Å². The molecule has 0 unspecified atom stereocenters. The van der Waals surface area contributed by atoms with Gasteiger partial charge in [0.2, 0.25) is 21.8 Å². The Hall–Kier alpha value is -4.05. The van der Waals surface area contributed by atoms with Gasteiger partial charge in [-0.25, -0.2) is 8.42 Å². The summed E-state index contributed by atoms with van der Waals surface area (Å²) < 4.78 is 37.7. The standard InChI is InChI=1S/C31H39N3O6S/c1-6-18-32-31(36)27(19-24-13-8-7-9-14-24)33(21-25-15-11-10-12-23(25)2)30(35)22-34(41(5,37)38)26-16-17-28(39-3)29(20-26)40-4/h7-17,20,27H,6,18-19,21-22H2,1-5H3,(H,32,36)/t27-/m1/s1. The molecule has 3 rings (SSSR count). The van der Waals surface area contributed by atoms with Crippen LogP contribution in [0.3, 0.4) is 0 Å². The highest BCUT2D eigenvalue weighted by molar-refractivity contribution is 7.92. The summed E-state index contributed by atoms with van der Waals surface area (Å²) in [6.07, 6.45) is 2.04. The van der Waals surface area contributed by atoms with E-state index >= 15 is 0 Å². The van der Waals surface area contributed by atoms with E-state index in [1.165, 1.54) is 25.2 Å². The second-order valence-electron chi connectivity index (χ2n) is 9.75. The fourth-order valence-electron chi connectivity index (χ4n) is 4.48. The van der Waals surface area contributed by atoms with Crippen molar-refractivity contribution < 1.29 is 27.5 Å². The summed E-state index contributed by atoms with van der Waals surface area (Å²) in [5.74, 6) is -0.0628. The molecule has 0 saturated heterocycles. The number of sulfonamides is 1. The Morgan fingerprint density at radius 3 is 2.20 bits per heavy atom. The van der Waals surface area contributed by atoms with Crippen molar-refractivity contribution in [3.8, 4) is 11.5 Å². The van der Waals surface area contributed by atoms with Crippen LogP contribution in [0.5, 0.6) is 11.5 Å². The summed E-state index contributed by atoms with van der Waals surface area (Å²) in [6.45, 7) is 3.97. The number of carbonyl (C=O) groups is 2. The third-order valence-electron chi connectivity index (χ3n) is 6.76. The van der Waals surface area contributed by atoms with Crippen LogP contribution in [0.4, 0.5) is 5.69 Å². The number of carbonyl (C=O) groups excluding carboxylic acids is 2. The van der Waals surface area contributed by atoms with Gasteiger partial charge in [-0.2, -0.15) is 0 Å². The van der Waals surface area contributed by atoms with Gasteiger partial charge in [0.15, 0.2) is 11.5 Å². The van der Waals surface area contributed by atoms with Crippen molar-refractivity contribution in [1.82, 2.24) is 10.2 Å². The van der Waals surface area contributed by atoms with Gasteiger partial charge >= 0.3 is 0 Å². The number of nitrogens with one attached hydrogen (secondary N) is 1. The molecule has 0 saturated carbocycles. The number of nitrogens with zero attached hydrogens (tertiary/aromatic N) is 2. The topological polar surface area (TPSA) is 105 Å².